The van der Waals surface area contributed by atoms with Gasteiger partial charge in [-0.3, -0.25) is 4.79 Å². The maximum absolute atomic E-state index is 11.5. The van der Waals surface area contributed by atoms with Gasteiger partial charge in [-0.1, -0.05) is 0 Å². The molecule has 4 heteroatoms. The summed E-state index contributed by atoms with van der Waals surface area (Å²) < 4.78 is 0.794. The number of hydrogen-bond acceptors (Lipinski definition) is 2. The Balaban J connectivity index is 2.67. The van der Waals surface area contributed by atoms with Gasteiger partial charge >= 0.3 is 0 Å². The van der Waals surface area contributed by atoms with Crippen LogP contribution >= 0.6 is 15.9 Å². The van der Waals surface area contributed by atoms with Crippen molar-refractivity contribution in [3.05, 3.63) is 27.5 Å². The zero-order valence-corrected chi connectivity index (χ0v) is 8.81. The molecular formula is C9H9BrN2O. The number of pyridine rings is 1. The normalized spacial score (nSPS) is 15.1. The highest BCUT2D eigenvalue weighted by Crippen LogP contribution is 2.23. The maximum atomic E-state index is 11.5. The fraction of sp³-hybridized carbons (Fsp3) is 0.333. The van der Waals surface area contributed by atoms with E-state index >= 15 is 0 Å². The van der Waals surface area contributed by atoms with Crippen molar-refractivity contribution in [1.29, 1.82) is 0 Å². The smallest absolute Gasteiger partial charge is 0.251 e. The van der Waals surface area contributed by atoms with E-state index in [9.17, 15) is 4.79 Å². The molecule has 0 radical (unpaired) electrons. The molecule has 1 aliphatic rings. The average molecular weight is 241 g/mol. The van der Waals surface area contributed by atoms with E-state index in [1.165, 1.54) is 0 Å². The Morgan fingerprint density at radius 2 is 2.38 bits per heavy atom. The average Bonchev–Trinajstić information content (AvgIpc) is 2.12. The molecule has 3 nitrogen and oxygen atoms in total. The standard InChI is InChI=1S/C9H9BrN2O/c1-5-4-12-8(10)6-2-3-11-9(13)7(5)6/h4H,2-3H2,1H3,(H,11,13). The highest BCUT2D eigenvalue weighted by molar-refractivity contribution is 9.10. The minimum Gasteiger partial charge on any atom is -0.352 e. The Hall–Kier alpha value is -0.900. The minimum atomic E-state index is 0.0156. The lowest BCUT2D eigenvalue weighted by Gasteiger charge is -2.18. The van der Waals surface area contributed by atoms with E-state index < -0.39 is 0 Å². The van der Waals surface area contributed by atoms with Gasteiger partial charge in [-0.05, 0) is 40.4 Å². The predicted molar refractivity (Wildman–Crippen MR) is 52.7 cm³/mol. The number of carbonyl (C=O) groups excluding carboxylic acids is 1. The molecule has 0 saturated heterocycles. The predicted octanol–water partition coefficient (Wildman–Crippen LogP) is 1.44. The Morgan fingerprint density at radius 1 is 1.62 bits per heavy atom. The van der Waals surface area contributed by atoms with E-state index in [0.29, 0.717) is 6.54 Å². The summed E-state index contributed by atoms with van der Waals surface area (Å²) in [5, 5.41) is 2.82. The van der Waals surface area contributed by atoms with Crippen LogP contribution in [0.15, 0.2) is 10.8 Å². The van der Waals surface area contributed by atoms with Gasteiger partial charge in [0.05, 0.1) is 0 Å². The third-order valence-electron chi connectivity index (χ3n) is 2.20. The third-order valence-corrected chi connectivity index (χ3v) is 2.89. The van der Waals surface area contributed by atoms with Crippen molar-refractivity contribution in [3.8, 4) is 0 Å². The number of hydrogen-bond donors (Lipinski definition) is 1. The van der Waals surface area contributed by atoms with Crippen LogP contribution in [-0.4, -0.2) is 17.4 Å². The summed E-state index contributed by atoms with van der Waals surface area (Å²) in [4.78, 5) is 15.7. The van der Waals surface area contributed by atoms with E-state index in [0.717, 1.165) is 27.7 Å². The number of amides is 1. The molecule has 1 aliphatic heterocycles. The molecule has 1 aromatic rings. The van der Waals surface area contributed by atoms with Gasteiger partial charge in [-0.2, -0.15) is 0 Å². The van der Waals surface area contributed by atoms with Gasteiger partial charge < -0.3 is 5.32 Å². The first-order chi connectivity index (χ1) is 6.20. The molecule has 0 unspecified atom stereocenters. The molecule has 0 saturated carbocycles. The van der Waals surface area contributed by atoms with Crippen molar-refractivity contribution in [2.45, 2.75) is 13.3 Å². The van der Waals surface area contributed by atoms with E-state index in [2.05, 4.69) is 26.2 Å². The molecule has 0 aromatic carbocycles. The summed E-state index contributed by atoms with van der Waals surface area (Å²) in [5.74, 6) is 0.0156. The Labute approximate surface area is 84.7 Å². The molecule has 2 heterocycles. The van der Waals surface area contributed by atoms with Gasteiger partial charge in [0.25, 0.3) is 5.91 Å². The fourth-order valence-electron chi connectivity index (χ4n) is 1.57. The van der Waals surface area contributed by atoms with Crippen molar-refractivity contribution >= 4 is 21.8 Å². The van der Waals surface area contributed by atoms with Gasteiger partial charge in [0.2, 0.25) is 0 Å². The molecular weight excluding hydrogens is 232 g/mol. The SMILES string of the molecule is Cc1cnc(Br)c2c1C(=O)NCC2. The monoisotopic (exact) mass is 240 g/mol. The number of aryl methyl sites for hydroxylation is 1. The lowest BCUT2D eigenvalue weighted by atomic mass is 9.99. The molecule has 0 aliphatic carbocycles. The molecule has 2 rings (SSSR count). The van der Waals surface area contributed by atoms with Crippen molar-refractivity contribution in [2.75, 3.05) is 6.54 Å². The molecule has 0 atom stereocenters. The molecule has 1 N–H and O–H groups in total. The van der Waals surface area contributed by atoms with Crippen LogP contribution in [0.25, 0.3) is 0 Å². The number of halogens is 1. The van der Waals surface area contributed by atoms with Crippen LogP contribution in [0.2, 0.25) is 0 Å². The second-order valence-corrected chi connectivity index (χ2v) is 3.84. The molecule has 0 spiro atoms. The van der Waals surface area contributed by atoms with Crippen molar-refractivity contribution in [2.24, 2.45) is 0 Å². The summed E-state index contributed by atoms with van der Waals surface area (Å²) in [7, 11) is 0. The number of nitrogens with zero attached hydrogens (tertiary/aromatic N) is 1. The second kappa shape index (κ2) is 3.10. The first-order valence-electron chi connectivity index (χ1n) is 4.12. The first kappa shape index (κ1) is 8.69. The zero-order valence-electron chi connectivity index (χ0n) is 7.22. The van der Waals surface area contributed by atoms with Gasteiger partial charge in [0.1, 0.15) is 4.60 Å². The molecule has 1 aromatic heterocycles. The largest absolute Gasteiger partial charge is 0.352 e. The molecule has 0 bridgehead atoms. The van der Waals surface area contributed by atoms with Gasteiger partial charge in [0.15, 0.2) is 0 Å². The number of aromatic nitrogens is 1. The molecule has 13 heavy (non-hydrogen) atoms. The molecule has 1 amide bonds. The molecule has 0 fully saturated rings. The van der Waals surface area contributed by atoms with Crippen molar-refractivity contribution in [3.63, 3.8) is 0 Å². The Morgan fingerprint density at radius 3 is 3.08 bits per heavy atom. The van der Waals surface area contributed by atoms with Crippen molar-refractivity contribution in [1.82, 2.24) is 10.3 Å². The van der Waals surface area contributed by atoms with Crippen LogP contribution in [0.1, 0.15) is 21.5 Å². The quantitative estimate of drug-likeness (QED) is 0.698. The van der Waals surface area contributed by atoms with E-state index in [-0.39, 0.29) is 5.91 Å². The Bertz CT molecular complexity index is 376. The van der Waals surface area contributed by atoms with Gasteiger partial charge in [-0.15, -0.1) is 0 Å². The van der Waals surface area contributed by atoms with Crippen LogP contribution in [-0.2, 0) is 6.42 Å². The maximum Gasteiger partial charge on any atom is 0.251 e. The number of fused-ring (bicyclic) bond motifs is 1. The Kier molecular flexibility index (Phi) is 2.07. The van der Waals surface area contributed by atoms with E-state index in [4.69, 9.17) is 0 Å². The minimum absolute atomic E-state index is 0.0156. The highest BCUT2D eigenvalue weighted by atomic mass is 79.9. The lowest BCUT2D eigenvalue weighted by molar-refractivity contribution is 0.0945. The first-order valence-corrected chi connectivity index (χ1v) is 4.91. The summed E-state index contributed by atoms with van der Waals surface area (Å²) in [6.45, 7) is 2.61. The summed E-state index contributed by atoms with van der Waals surface area (Å²) in [5.41, 5.74) is 2.76. The number of nitrogens with one attached hydrogen (secondary N) is 1. The molecule has 68 valence electrons. The third kappa shape index (κ3) is 1.35. The van der Waals surface area contributed by atoms with Crippen molar-refractivity contribution < 1.29 is 4.79 Å². The fourth-order valence-corrected chi connectivity index (χ4v) is 2.07. The number of rotatable bonds is 0. The zero-order chi connectivity index (χ0) is 9.42. The highest BCUT2D eigenvalue weighted by Gasteiger charge is 2.21. The van der Waals surface area contributed by atoms with Crippen LogP contribution in [0.5, 0.6) is 0 Å². The van der Waals surface area contributed by atoms with Crippen LogP contribution in [0, 0.1) is 6.92 Å². The number of carbonyl (C=O) groups is 1. The van der Waals surface area contributed by atoms with Crippen LogP contribution in [0.4, 0.5) is 0 Å². The van der Waals surface area contributed by atoms with E-state index in [1.54, 1.807) is 6.20 Å². The van der Waals surface area contributed by atoms with E-state index in [1.807, 2.05) is 6.92 Å². The van der Waals surface area contributed by atoms with Gasteiger partial charge in [0, 0.05) is 18.3 Å². The summed E-state index contributed by atoms with van der Waals surface area (Å²) in [6, 6.07) is 0. The summed E-state index contributed by atoms with van der Waals surface area (Å²) >= 11 is 3.35. The van der Waals surface area contributed by atoms with Gasteiger partial charge in [-0.25, -0.2) is 4.98 Å². The topological polar surface area (TPSA) is 42.0 Å². The second-order valence-electron chi connectivity index (χ2n) is 3.09. The van der Waals surface area contributed by atoms with Crippen LogP contribution < -0.4 is 5.32 Å². The lowest BCUT2D eigenvalue weighted by Crippen LogP contribution is -2.33. The summed E-state index contributed by atoms with van der Waals surface area (Å²) in [6.07, 6.45) is 2.57. The van der Waals surface area contributed by atoms with Crippen LogP contribution in [0.3, 0.4) is 0 Å².